The van der Waals surface area contributed by atoms with Gasteiger partial charge in [0.1, 0.15) is 4.47 Å². The van der Waals surface area contributed by atoms with Gasteiger partial charge in [0.15, 0.2) is 0 Å². The minimum atomic E-state index is -0.135. The van der Waals surface area contributed by atoms with E-state index in [1.807, 2.05) is 14.1 Å². The Bertz CT molecular complexity index is 680. The summed E-state index contributed by atoms with van der Waals surface area (Å²) in [6.45, 7) is 0.795. The van der Waals surface area contributed by atoms with Crippen molar-refractivity contribution >= 4 is 27.3 Å². The van der Waals surface area contributed by atoms with Crippen LogP contribution in [0.2, 0.25) is 0 Å². The average molecular weight is 365 g/mol. The van der Waals surface area contributed by atoms with Gasteiger partial charge in [-0.25, -0.2) is 4.68 Å². The maximum absolute atomic E-state index is 11.7. The van der Waals surface area contributed by atoms with Crippen LogP contribution in [0.3, 0.4) is 0 Å². The molecule has 22 heavy (non-hydrogen) atoms. The smallest absolute Gasteiger partial charge is 0.282 e. The molecule has 2 rings (SSSR count). The van der Waals surface area contributed by atoms with Crippen molar-refractivity contribution in [3.63, 3.8) is 0 Å². The van der Waals surface area contributed by atoms with Crippen molar-refractivity contribution in [3.05, 3.63) is 50.9 Å². The zero-order valence-corrected chi connectivity index (χ0v) is 14.7. The Kier molecular flexibility index (Phi) is 5.60. The third-order valence-corrected chi connectivity index (χ3v) is 4.25. The number of hydrogen-bond acceptors (Lipinski definition) is 4. The van der Waals surface area contributed by atoms with Crippen molar-refractivity contribution in [2.24, 2.45) is 7.05 Å². The molecule has 118 valence electrons. The molecule has 6 heteroatoms. The molecule has 0 spiro atoms. The summed E-state index contributed by atoms with van der Waals surface area (Å²) < 4.78 is 1.84. The first-order valence-corrected chi connectivity index (χ1v) is 8.00. The Hall–Kier alpha value is -1.82. The summed E-state index contributed by atoms with van der Waals surface area (Å²) in [4.78, 5) is 13.8. The molecular formula is C16H21BrN4O. The van der Waals surface area contributed by atoms with E-state index in [9.17, 15) is 4.79 Å². The number of rotatable bonds is 6. The molecule has 2 aromatic rings. The number of aromatic nitrogens is 2. The topological polar surface area (TPSA) is 50.2 Å². The first kappa shape index (κ1) is 16.5. The fraction of sp³-hybridized carbons (Fsp3) is 0.375. The minimum absolute atomic E-state index is 0.135. The van der Waals surface area contributed by atoms with Crippen LogP contribution < -0.4 is 15.8 Å². The highest BCUT2D eigenvalue weighted by Crippen LogP contribution is 2.16. The van der Waals surface area contributed by atoms with Gasteiger partial charge in [-0.2, -0.15) is 5.10 Å². The lowest BCUT2D eigenvalue weighted by molar-refractivity contribution is 0.702. The molecule has 0 atom stereocenters. The Balaban J connectivity index is 1.85. The molecule has 0 aliphatic heterocycles. The molecule has 0 unspecified atom stereocenters. The molecule has 1 N–H and O–H groups in total. The summed E-state index contributed by atoms with van der Waals surface area (Å²) in [7, 11) is 5.71. The average Bonchev–Trinajstić information content (AvgIpc) is 2.51. The summed E-state index contributed by atoms with van der Waals surface area (Å²) in [5.41, 5.74) is 3.13. The Morgan fingerprint density at radius 3 is 2.59 bits per heavy atom. The number of hydrogen-bond donors (Lipinski definition) is 1. The van der Waals surface area contributed by atoms with Crippen LogP contribution in [0.15, 0.2) is 39.7 Å². The Morgan fingerprint density at radius 2 is 1.95 bits per heavy atom. The molecule has 5 nitrogen and oxygen atoms in total. The van der Waals surface area contributed by atoms with Crippen LogP contribution in [0.4, 0.5) is 11.4 Å². The van der Waals surface area contributed by atoms with E-state index in [2.05, 4.69) is 55.5 Å². The summed E-state index contributed by atoms with van der Waals surface area (Å²) in [6, 6.07) is 8.57. The zero-order chi connectivity index (χ0) is 16.1. The van der Waals surface area contributed by atoms with Crippen LogP contribution in [0.5, 0.6) is 0 Å². The molecule has 0 bridgehead atoms. The predicted molar refractivity (Wildman–Crippen MR) is 94.8 cm³/mol. The lowest BCUT2D eigenvalue weighted by Gasteiger charge is -2.13. The predicted octanol–water partition coefficient (Wildman–Crippen LogP) is 2.65. The lowest BCUT2D eigenvalue weighted by Crippen LogP contribution is -2.21. The van der Waals surface area contributed by atoms with Crippen LogP contribution in [0.25, 0.3) is 0 Å². The first-order valence-electron chi connectivity index (χ1n) is 7.21. The van der Waals surface area contributed by atoms with Crippen LogP contribution >= 0.6 is 15.9 Å². The van der Waals surface area contributed by atoms with Gasteiger partial charge in [-0.15, -0.1) is 0 Å². The van der Waals surface area contributed by atoms with Crippen molar-refractivity contribution in [1.29, 1.82) is 0 Å². The molecule has 0 fully saturated rings. The standard InChI is InChI=1S/C16H21BrN4O/c1-20(2)13-8-6-12(7-9-13)5-4-10-18-14-11-19-21(3)16(22)15(14)17/h6-9,11,18H,4-5,10H2,1-3H3. The van der Waals surface area contributed by atoms with Gasteiger partial charge in [-0.3, -0.25) is 4.79 Å². The fourth-order valence-electron chi connectivity index (χ4n) is 2.11. The van der Waals surface area contributed by atoms with E-state index in [0.29, 0.717) is 4.47 Å². The Morgan fingerprint density at radius 1 is 1.27 bits per heavy atom. The molecule has 0 aliphatic rings. The second kappa shape index (κ2) is 7.45. The number of anilines is 2. The van der Waals surface area contributed by atoms with Gasteiger partial charge < -0.3 is 10.2 Å². The zero-order valence-electron chi connectivity index (χ0n) is 13.1. The molecule has 1 aromatic carbocycles. The Labute approximate surface area is 139 Å². The number of nitrogens with one attached hydrogen (secondary N) is 1. The highest BCUT2D eigenvalue weighted by Gasteiger charge is 2.05. The normalized spacial score (nSPS) is 10.5. The van der Waals surface area contributed by atoms with Crippen LogP contribution in [-0.2, 0) is 13.5 Å². The summed E-state index contributed by atoms with van der Waals surface area (Å²) in [5, 5.41) is 7.26. The molecule has 0 saturated carbocycles. The highest BCUT2D eigenvalue weighted by molar-refractivity contribution is 9.10. The second-order valence-electron chi connectivity index (χ2n) is 5.39. The maximum Gasteiger partial charge on any atom is 0.282 e. The minimum Gasteiger partial charge on any atom is -0.383 e. The third-order valence-electron chi connectivity index (χ3n) is 3.49. The van der Waals surface area contributed by atoms with E-state index in [0.717, 1.165) is 25.1 Å². The van der Waals surface area contributed by atoms with Gasteiger partial charge in [0.05, 0.1) is 11.9 Å². The van der Waals surface area contributed by atoms with Gasteiger partial charge in [-0.1, -0.05) is 12.1 Å². The van der Waals surface area contributed by atoms with Crippen LogP contribution in [-0.4, -0.2) is 30.4 Å². The molecule has 0 amide bonds. The van der Waals surface area contributed by atoms with Crippen molar-refractivity contribution in [2.75, 3.05) is 30.9 Å². The summed E-state index contributed by atoms with van der Waals surface area (Å²) in [5.74, 6) is 0. The van der Waals surface area contributed by atoms with E-state index in [4.69, 9.17) is 0 Å². The van der Waals surface area contributed by atoms with Gasteiger partial charge in [0, 0.05) is 33.4 Å². The quantitative estimate of drug-likeness (QED) is 0.800. The first-order chi connectivity index (χ1) is 10.5. The molecular weight excluding hydrogens is 344 g/mol. The number of aryl methyl sites for hydroxylation is 2. The van der Waals surface area contributed by atoms with E-state index in [1.165, 1.54) is 15.9 Å². The maximum atomic E-state index is 11.7. The van der Waals surface area contributed by atoms with Crippen molar-refractivity contribution in [3.8, 4) is 0 Å². The van der Waals surface area contributed by atoms with Crippen molar-refractivity contribution in [2.45, 2.75) is 12.8 Å². The number of nitrogens with zero attached hydrogens (tertiary/aromatic N) is 3. The largest absolute Gasteiger partial charge is 0.383 e. The molecule has 0 radical (unpaired) electrons. The summed E-state index contributed by atoms with van der Waals surface area (Å²) in [6.07, 6.45) is 3.65. The molecule has 0 aliphatic carbocycles. The fourth-order valence-corrected chi connectivity index (χ4v) is 2.61. The summed E-state index contributed by atoms with van der Waals surface area (Å²) >= 11 is 3.31. The molecule has 1 aromatic heterocycles. The van der Waals surface area contributed by atoms with E-state index >= 15 is 0 Å². The van der Waals surface area contributed by atoms with Gasteiger partial charge >= 0.3 is 0 Å². The SMILES string of the molecule is CN(C)c1ccc(CCCNc2cnn(C)c(=O)c2Br)cc1. The number of benzene rings is 1. The molecule has 1 heterocycles. The van der Waals surface area contributed by atoms with Gasteiger partial charge in [0.2, 0.25) is 0 Å². The van der Waals surface area contributed by atoms with Gasteiger partial charge in [0.25, 0.3) is 5.56 Å². The highest BCUT2D eigenvalue weighted by atomic mass is 79.9. The lowest BCUT2D eigenvalue weighted by atomic mass is 10.1. The van der Waals surface area contributed by atoms with Gasteiger partial charge in [-0.05, 0) is 46.5 Å². The van der Waals surface area contributed by atoms with Crippen LogP contribution in [0, 0.1) is 0 Å². The van der Waals surface area contributed by atoms with Crippen molar-refractivity contribution in [1.82, 2.24) is 9.78 Å². The number of halogens is 1. The van der Waals surface area contributed by atoms with E-state index < -0.39 is 0 Å². The van der Waals surface area contributed by atoms with Crippen LogP contribution in [0.1, 0.15) is 12.0 Å². The molecule has 0 saturated heterocycles. The van der Waals surface area contributed by atoms with E-state index in [-0.39, 0.29) is 5.56 Å². The second-order valence-corrected chi connectivity index (χ2v) is 6.19. The van der Waals surface area contributed by atoms with E-state index in [1.54, 1.807) is 13.2 Å². The third kappa shape index (κ3) is 4.10. The monoisotopic (exact) mass is 364 g/mol. The van der Waals surface area contributed by atoms with Crippen molar-refractivity contribution < 1.29 is 0 Å².